The highest BCUT2D eigenvalue weighted by Gasteiger charge is 2.13. The Hall–Kier alpha value is -2.15. The van der Waals surface area contributed by atoms with Gasteiger partial charge in [-0.1, -0.05) is 36.2 Å². The van der Waals surface area contributed by atoms with Gasteiger partial charge >= 0.3 is 0 Å². The first kappa shape index (κ1) is 20.2. The summed E-state index contributed by atoms with van der Waals surface area (Å²) in [5.74, 6) is -0.626. The van der Waals surface area contributed by atoms with Gasteiger partial charge in [-0.2, -0.15) is 0 Å². The summed E-state index contributed by atoms with van der Waals surface area (Å²) in [4.78, 5) is 24.2. The lowest BCUT2D eigenvalue weighted by atomic mass is 10.2. The van der Waals surface area contributed by atoms with Crippen molar-refractivity contribution in [2.24, 2.45) is 0 Å². The number of amides is 2. The Bertz CT molecular complexity index is 843. The van der Waals surface area contributed by atoms with Crippen LogP contribution in [0.4, 0.5) is 5.69 Å². The molecule has 2 aromatic rings. The van der Waals surface area contributed by atoms with Crippen LogP contribution in [0.1, 0.15) is 34.1 Å². The molecule has 2 rings (SSSR count). The van der Waals surface area contributed by atoms with E-state index in [0.717, 1.165) is 6.42 Å². The van der Waals surface area contributed by atoms with E-state index in [2.05, 4.69) is 16.0 Å². The van der Waals surface area contributed by atoms with Crippen LogP contribution in [0.2, 0.25) is 10.0 Å². The maximum Gasteiger partial charge on any atom is 0.258 e. The second kappa shape index (κ2) is 9.52. The molecule has 0 fully saturated rings. The fourth-order valence-corrected chi connectivity index (χ4v) is 2.79. The molecule has 0 aromatic heterocycles. The first-order valence-electron chi connectivity index (χ1n) is 7.86. The minimum atomic E-state index is -0.457. The highest BCUT2D eigenvalue weighted by atomic mass is 35.5. The van der Waals surface area contributed by atoms with E-state index in [4.69, 9.17) is 35.4 Å². The largest absolute Gasteiger partial charge is 0.352 e. The lowest BCUT2D eigenvalue weighted by molar-refractivity contribution is 0.0951. The van der Waals surface area contributed by atoms with Gasteiger partial charge in [-0.05, 0) is 55.0 Å². The molecule has 0 spiro atoms. The molecule has 0 aliphatic carbocycles. The van der Waals surface area contributed by atoms with Crippen molar-refractivity contribution in [3.8, 4) is 0 Å². The minimum absolute atomic E-state index is 0.0899. The fourth-order valence-electron chi connectivity index (χ4n) is 2.09. The van der Waals surface area contributed by atoms with Gasteiger partial charge in [-0.25, -0.2) is 0 Å². The van der Waals surface area contributed by atoms with E-state index in [1.54, 1.807) is 30.3 Å². The first-order valence-corrected chi connectivity index (χ1v) is 9.02. The smallest absolute Gasteiger partial charge is 0.258 e. The number of anilines is 1. The number of carbonyl (C=O) groups excluding carboxylic acids is 2. The van der Waals surface area contributed by atoms with Crippen molar-refractivity contribution in [1.82, 2.24) is 10.6 Å². The first-order chi connectivity index (χ1) is 12.4. The van der Waals surface area contributed by atoms with Crippen LogP contribution in [0.5, 0.6) is 0 Å². The maximum atomic E-state index is 12.2. The van der Waals surface area contributed by atoms with Crippen molar-refractivity contribution in [3.63, 3.8) is 0 Å². The molecule has 0 aliphatic heterocycles. The molecule has 0 bridgehead atoms. The van der Waals surface area contributed by atoms with Gasteiger partial charge in [0.25, 0.3) is 11.8 Å². The highest BCUT2D eigenvalue weighted by Crippen LogP contribution is 2.20. The molecule has 0 saturated carbocycles. The summed E-state index contributed by atoms with van der Waals surface area (Å²) in [7, 11) is 0. The molecule has 2 aromatic carbocycles. The molecule has 3 N–H and O–H groups in total. The van der Waals surface area contributed by atoms with E-state index in [-0.39, 0.29) is 21.6 Å². The van der Waals surface area contributed by atoms with Crippen LogP contribution < -0.4 is 16.0 Å². The molecule has 5 nitrogen and oxygen atoms in total. The van der Waals surface area contributed by atoms with E-state index >= 15 is 0 Å². The molecule has 26 heavy (non-hydrogen) atoms. The molecule has 0 saturated heterocycles. The summed E-state index contributed by atoms with van der Waals surface area (Å²) in [5, 5.41) is 8.97. The number of carbonyl (C=O) groups is 2. The average Bonchev–Trinajstić information content (AvgIpc) is 2.59. The van der Waals surface area contributed by atoms with E-state index in [0.29, 0.717) is 22.8 Å². The number of rotatable bonds is 5. The Morgan fingerprint density at radius 1 is 1.08 bits per heavy atom. The van der Waals surface area contributed by atoms with Crippen LogP contribution in [0.3, 0.4) is 0 Å². The quantitative estimate of drug-likeness (QED) is 0.645. The van der Waals surface area contributed by atoms with Crippen LogP contribution in [-0.2, 0) is 0 Å². The second-order valence-corrected chi connectivity index (χ2v) is 6.62. The number of nitrogens with one attached hydrogen (secondary N) is 3. The zero-order chi connectivity index (χ0) is 19.1. The lowest BCUT2D eigenvalue weighted by Crippen LogP contribution is -2.34. The van der Waals surface area contributed by atoms with Gasteiger partial charge < -0.3 is 10.6 Å². The number of benzene rings is 2. The van der Waals surface area contributed by atoms with Crippen molar-refractivity contribution in [2.45, 2.75) is 13.3 Å². The van der Waals surface area contributed by atoms with Crippen molar-refractivity contribution in [1.29, 1.82) is 0 Å². The number of halogens is 2. The lowest BCUT2D eigenvalue weighted by Gasteiger charge is -2.11. The third-order valence-electron chi connectivity index (χ3n) is 3.32. The van der Waals surface area contributed by atoms with Gasteiger partial charge in [-0.15, -0.1) is 0 Å². The van der Waals surface area contributed by atoms with Crippen LogP contribution in [0, 0.1) is 0 Å². The summed E-state index contributed by atoms with van der Waals surface area (Å²) in [5.41, 5.74) is 1.34. The standard InChI is InChI=1S/C18H17Cl2N3O2S/c1-2-8-21-16(24)11-4-3-5-13(9-11)22-18(26)23-17(25)14-7-6-12(19)10-15(14)20/h3-7,9-10H,2,8H2,1H3,(H,21,24)(H2,22,23,25,26). The normalized spacial score (nSPS) is 10.1. The molecule has 0 radical (unpaired) electrons. The van der Waals surface area contributed by atoms with Gasteiger partial charge in [-0.3, -0.25) is 14.9 Å². The Labute approximate surface area is 167 Å². The molecule has 0 aliphatic rings. The van der Waals surface area contributed by atoms with Crippen molar-refractivity contribution in [3.05, 3.63) is 63.6 Å². The zero-order valence-corrected chi connectivity index (χ0v) is 16.3. The summed E-state index contributed by atoms with van der Waals surface area (Å²) in [6.07, 6.45) is 0.854. The number of hydrogen-bond donors (Lipinski definition) is 3. The Morgan fingerprint density at radius 3 is 2.54 bits per heavy atom. The van der Waals surface area contributed by atoms with Crippen LogP contribution in [0.25, 0.3) is 0 Å². The predicted octanol–water partition coefficient (Wildman–Crippen LogP) is 4.26. The van der Waals surface area contributed by atoms with E-state index in [1.165, 1.54) is 12.1 Å². The van der Waals surface area contributed by atoms with Crippen molar-refractivity contribution >= 4 is 58.0 Å². The molecule has 136 valence electrons. The Kier molecular flexibility index (Phi) is 7.38. The molecule has 8 heteroatoms. The molecule has 2 amide bonds. The summed E-state index contributed by atoms with van der Waals surface area (Å²) >= 11 is 17.0. The molecular weight excluding hydrogens is 393 g/mol. The summed E-state index contributed by atoms with van der Waals surface area (Å²) in [6.45, 7) is 2.58. The third-order valence-corrected chi connectivity index (χ3v) is 4.07. The minimum Gasteiger partial charge on any atom is -0.352 e. The van der Waals surface area contributed by atoms with Crippen molar-refractivity contribution in [2.75, 3.05) is 11.9 Å². The predicted molar refractivity (Wildman–Crippen MR) is 109 cm³/mol. The Morgan fingerprint density at radius 2 is 1.85 bits per heavy atom. The summed E-state index contributed by atoms with van der Waals surface area (Å²) < 4.78 is 0. The van der Waals surface area contributed by atoms with E-state index in [1.807, 2.05) is 6.92 Å². The third kappa shape index (κ3) is 5.69. The van der Waals surface area contributed by atoms with Crippen LogP contribution in [0.15, 0.2) is 42.5 Å². The van der Waals surface area contributed by atoms with Gasteiger partial charge in [0.05, 0.1) is 10.6 Å². The molecular formula is C18H17Cl2N3O2S. The number of hydrogen-bond acceptors (Lipinski definition) is 3. The van der Waals surface area contributed by atoms with E-state index < -0.39 is 5.91 Å². The van der Waals surface area contributed by atoms with Gasteiger partial charge in [0, 0.05) is 22.8 Å². The SMILES string of the molecule is CCCNC(=O)c1cccc(NC(=S)NC(=O)c2ccc(Cl)cc2Cl)c1. The van der Waals surface area contributed by atoms with Crippen molar-refractivity contribution < 1.29 is 9.59 Å². The topological polar surface area (TPSA) is 70.2 Å². The molecule has 0 unspecified atom stereocenters. The Balaban J connectivity index is 2.01. The number of thiocarbonyl (C=S) groups is 1. The van der Waals surface area contributed by atoms with Gasteiger partial charge in [0.15, 0.2) is 5.11 Å². The highest BCUT2D eigenvalue weighted by molar-refractivity contribution is 7.80. The zero-order valence-electron chi connectivity index (χ0n) is 13.9. The van der Waals surface area contributed by atoms with Crippen LogP contribution >= 0.6 is 35.4 Å². The second-order valence-electron chi connectivity index (χ2n) is 5.37. The summed E-state index contributed by atoms with van der Waals surface area (Å²) in [6, 6.07) is 11.4. The average molecular weight is 410 g/mol. The molecule has 0 atom stereocenters. The fraction of sp³-hybridized carbons (Fsp3) is 0.167. The van der Waals surface area contributed by atoms with Gasteiger partial charge in [0.2, 0.25) is 0 Å². The molecule has 0 heterocycles. The van der Waals surface area contributed by atoms with E-state index in [9.17, 15) is 9.59 Å². The van der Waals surface area contributed by atoms with Gasteiger partial charge in [0.1, 0.15) is 0 Å². The monoisotopic (exact) mass is 409 g/mol. The maximum absolute atomic E-state index is 12.2. The van der Waals surface area contributed by atoms with Crippen LogP contribution in [-0.4, -0.2) is 23.5 Å².